The quantitative estimate of drug-likeness (QED) is 0.600. The number of carbonyl (C=O) groups excluding carboxylic acids is 3. The molecule has 1 saturated heterocycles. The third-order valence-corrected chi connectivity index (χ3v) is 10.9. The first kappa shape index (κ1) is 21.0. The van der Waals surface area contributed by atoms with Gasteiger partial charge in [0, 0.05) is 5.92 Å². The third kappa shape index (κ3) is 3.20. The van der Waals surface area contributed by atoms with Crippen LogP contribution in [0.1, 0.15) is 72.1 Å². The van der Waals surface area contributed by atoms with Gasteiger partial charge in [-0.3, -0.25) is 19.3 Å². The van der Waals surface area contributed by atoms with Crippen LogP contribution < -0.4 is 0 Å². The number of hydrogen-bond donors (Lipinski definition) is 0. The molecule has 166 valence electrons. The fourth-order valence-electron chi connectivity index (χ4n) is 8.93. The summed E-state index contributed by atoms with van der Waals surface area (Å²) in [7, 11) is 0. The lowest BCUT2D eigenvalue weighted by Gasteiger charge is -2.56. The van der Waals surface area contributed by atoms with Crippen molar-refractivity contribution in [3.63, 3.8) is 0 Å². The Labute approximate surface area is 185 Å². The molecule has 4 nitrogen and oxygen atoms in total. The van der Waals surface area contributed by atoms with E-state index in [2.05, 4.69) is 20.8 Å². The van der Waals surface area contributed by atoms with Crippen LogP contribution in [0.2, 0.25) is 0 Å². The van der Waals surface area contributed by atoms with Crippen molar-refractivity contribution in [3.05, 3.63) is 0 Å². The van der Waals surface area contributed by atoms with Crippen molar-refractivity contribution >= 4 is 28.7 Å². The highest BCUT2D eigenvalue weighted by Gasteiger charge is 2.60. The van der Waals surface area contributed by atoms with Gasteiger partial charge in [-0.25, -0.2) is 0 Å². The zero-order valence-corrected chi connectivity index (χ0v) is 19.6. The van der Waals surface area contributed by atoms with E-state index in [9.17, 15) is 14.4 Å². The smallest absolute Gasteiger partial charge is 0.289 e. The van der Waals surface area contributed by atoms with Gasteiger partial charge in [0.05, 0.1) is 12.3 Å². The van der Waals surface area contributed by atoms with Crippen LogP contribution >= 0.6 is 11.8 Å². The second-order valence-corrected chi connectivity index (χ2v) is 12.5. The summed E-state index contributed by atoms with van der Waals surface area (Å²) < 4.78 is 0. The van der Waals surface area contributed by atoms with E-state index in [1.807, 2.05) is 0 Å². The van der Waals surface area contributed by atoms with Gasteiger partial charge >= 0.3 is 0 Å². The van der Waals surface area contributed by atoms with Crippen LogP contribution in [-0.4, -0.2) is 34.1 Å². The number of hydrogen-bond acceptors (Lipinski definition) is 4. The number of ketones is 1. The molecule has 9 atom stereocenters. The molecule has 2 amide bonds. The van der Waals surface area contributed by atoms with E-state index in [1.165, 1.54) is 43.4 Å². The summed E-state index contributed by atoms with van der Waals surface area (Å²) in [4.78, 5) is 38.6. The highest BCUT2D eigenvalue weighted by molar-refractivity contribution is 8.14. The van der Waals surface area contributed by atoms with Crippen molar-refractivity contribution in [1.29, 1.82) is 0 Å². The highest BCUT2D eigenvalue weighted by Crippen LogP contribution is 2.66. The number of amides is 2. The first-order valence-corrected chi connectivity index (χ1v) is 13.3. The number of rotatable bonds is 3. The summed E-state index contributed by atoms with van der Waals surface area (Å²) >= 11 is 1.03. The monoisotopic (exact) mass is 431 g/mol. The molecular weight excluding hydrogens is 394 g/mol. The van der Waals surface area contributed by atoms with Gasteiger partial charge in [0.25, 0.3) is 5.24 Å². The molecule has 4 saturated carbocycles. The van der Waals surface area contributed by atoms with E-state index in [-0.39, 0.29) is 40.6 Å². The molecule has 1 aliphatic heterocycles. The average Bonchev–Trinajstić information content (AvgIpc) is 3.17. The maximum atomic E-state index is 13.4. The lowest BCUT2D eigenvalue weighted by atomic mass is 9.48. The summed E-state index contributed by atoms with van der Waals surface area (Å²) in [6.07, 6.45) is 10.4. The Kier molecular flexibility index (Phi) is 5.35. The minimum atomic E-state index is -0.241. The molecule has 0 aromatic carbocycles. The van der Waals surface area contributed by atoms with Crippen molar-refractivity contribution in [3.8, 4) is 0 Å². The van der Waals surface area contributed by atoms with E-state index in [4.69, 9.17) is 0 Å². The molecule has 0 aromatic rings. The van der Waals surface area contributed by atoms with E-state index >= 15 is 0 Å². The van der Waals surface area contributed by atoms with Crippen LogP contribution in [-0.2, 0) is 9.59 Å². The summed E-state index contributed by atoms with van der Waals surface area (Å²) in [5.74, 6) is 5.74. The summed E-state index contributed by atoms with van der Waals surface area (Å²) in [5, 5.41) is -0.241. The van der Waals surface area contributed by atoms with Gasteiger partial charge in [-0.05, 0) is 91.8 Å². The molecule has 9 unspecified atom stereocenters. The molecule has 5 aliphatic rings. The van der Waals surface area contributed by atoms with Gasteiger partial charge in [0.2, 0.25) is 5.91 Å². The van der Waals surface area contributed by atoms with Crippen LogP contribution in [0.4, 0.5) is 4.79 Å². The molecule has 0 bridgehead atoms. The molecular formula is C25H37NO3S. The molecule has 0 aromatic heterocycles. The molecule has 5 heteroatoms. The summed E-state index contributed by atoms with van der Waals surface area (Å²) in [6, 6.07) is 0. The average molecular weight is 432 g/mol. The maximum absolute atomic E-state index is 13.4. The zero-order chi connectivity index (χ0) is 21.2. The lowest BCUT2D eigenvalue weighted by Crippen LogP contribution is -2.51. The van der Waals surface area contributed by atoms with E-state index < -0.39 is 0 Å². The Balaban J connectivity index is 1.34. The normalized spacial score (nSPS) is 48.3. The van der Waals surface area contributed by atoms with Crippen molar-refractivity contribution in [1.82, 2.24) is 4.90 Å². The Hall–Kier alpha value is -0.840. The number of Topliss-reactive ketones (excluding diaryl/α,β-unsaturated/α-hetero) is 1. The van der Waals surface area contributed by atoms with Crippen molar-refractivity contribution in [2.24, 2.45) is 52.8 Å². The molecule has 1 heterocycles. The summed E-state index contributed by atoms with van der Waals surface area (Å²) in [6.45, 7) is 7.18. The largest absolute Gasteiger partial charge is 0.297 e. The van der Waals surface area contributed by atoms with Gasteiger partial charge in [0.1, 0.15) is 0 Å². The maximum Gasteiger partial charge on any atom is 0.289 e. The predicted molar refractivity (Wildman–Crippen MR) is 119 cm³/mol. The molecule has 5 rings (SSSR count). The fourth-order valence-corrected chi connectivity index (χ4v) is 9.65. The molecule has 4 aliphatic carbocycles. The van der Waals surface area contributed by atoms with Crippen LogP contribution in [0.25, 0.3) is 0 Å². The van der Waals surface area contributed by atoms with Gasteiger partial charge in [-0.1, -0.05) is 39.0 Å². The van der Waals surface area contributed by atoms with E-state index in [0.29, 0.717) is 11.8 Å². The minimum absolute atomic E-state index is 0.00104. The number of carbonyl (C=O) groups is 3. The number of imide groups is 1. The Morgan fingerprint density at radius 1 is 1.03 bits per heavy atom. The Bertz CT molecular complexity index is 737. The summed E-state index contributed by atoms with van der Waals surface area (Å²) in [5.41, 5.74) is 0.0470. The Morgan fingerprint density at radius 3 is 2.53 bits per heavy atom. The topological polar surface area (TPSA) is 54.5 Å². The zero-order valence-electron chi connectivity index (χ0n) is 18.8. The van der Waals surface area contributed by atoms with Crippen LogP contribution in [0.5, 0.6) is 0 Å². The fraction of sp³-hybridized carbons (Fsp3) is 0.880. The van der Waals surface area contributed by atoms with Gasteiger partial charge in [0.15, 0.2) is 5.78 Å². The predicted octanol–water partition coefficient (Wildman–Crippen LogP) is 5.40. The molecule has 30 heavy (non-hydrogen) atoms. The molecule has 0 spiro atoms. The van der Waals surface area contributed by atoms with E-state index in [0.717, 1.165) is 54.2 Å². The van der Waals surface area contributed by atoms with Crippen molar-refractivity contribution < 1.29 is 14.4 Å². The standard InChI is InChI=1S/C25H37NO3S/c1-14-4-6-17-16(10-14)5-7-19-18(17)8-9-25(3)20(11-15(2)23(19)25)21(27)12-26-22(28)13-30-24(26)29/h14-20,23H,4-13H2,1-3H3. The van der Waals surface area contributed by atoms with Crippen molar-refractivity contribution in [2.45, 2.75) is 72.1 Å². The van der Waals surface area contributed by atoms with Crippen LogP contribution in [0.15, 0.2) is 0 Å². The second kappa shape index (κ2) is 7.64. The second-order valence-electron chi connectivity index (χ2n) is 11.6. The number of fused-ring (bicyclic) bond motifs is 5. The molecule has 5 fully saturated rings. The Morgan fingerprint density at radius 2 is 1.80 bits per heavy atom. The lowest BCUT2D eigenvalue weighted by molar-refractivity contribution is -0.135. The van der Waals surface area contributed by atoms with E-state index in [1.54, 1.807) is 0 Å². The molecule has 0 radical (unpaired) electrons. The third-order valence-electron chi connectivity index (χ3n) is 10.1. The first-order valence-electron chi connectivity index (χ1n) is 12.3. The van der Waals surface area contributed by atoms with Gasteiger partial charge in [-0.15, -0.1) is 0 Å². The number of thioether (sulfide) groups is 1. The van der Waals surface area contributed by atoms with Gasteiger partial charge < -0.3 is 0 Å². The number of nitrogens with zero attached hydrogens (tertiary/aromatic N) is 1. The van der Waals surface area contributed by atoms with Crippen LogP contribution in [0, 0.1) is 52.8 Å². The SMILES string of the molecule is CC1CCC2C(CCC3C2CCC2(C)C(C(=O)CN4C(=O)CSC4=O)CC(C)C32)C1. The van der Waals surface area contributed by atoms with Crippen LogP contribution in [0.3, 0.4) is 0 Å². The minimum Gasteiger partial charge on any atom is -0.297 e. The molecule has 0 N–H and O–H groups in total. The van der Waals surface area contributed by atoms with Gasteiger partial charge in [-0.2, -0.15) is 0 Å². The highest BCUT2D eigenvalue weighted by atomic mass is 32.2. The first-order chi connectivity index (χ1) is 14.3. The van der Waals surface area contributed by atoms with Crippen molar-refractivity contribution in [2.75, 3.05) is 12.3 Å².